The molecule has 0 aromatic heterocycles. The van der Waals surface area contributed by atoms with Gasteiger partial charge >= 0.3 is 0 Å². The lowest BCUT2D eigenvalue weighted by Gasteiger charge is -2.33. The number of hydrogen-bond donors (Lipinski definition) is 2. The summed E-state index contributed by atoms with van der Waals surface area (Å²) in [6.07, 6.45) is 2.01. The molecule has 1 atom stereocenters. The third kappa shape index (κ3) is 2.99. The van der Waals surface area contributed by atoms with E-state index in [1.165, 1.54) is 6.07 Å². The van der Waals surface area contributed by atoms with Crippen LogP contribution in [-0.2, 0) is 10.0 Å². The first-order valence-corrected chi connectivity index (χ1v) is 7.98. The molecule has 1 saturated heterocycles. The minimum absolute atomic E-state index is 0.136. The Morgan fingerprint density at radius 1 is 1.43 bits per heavy atom. The number of nitro benzene ring substituents is 1. The van der Waals surface area contributed by atoms with E-state index in [2.05, 4.69) is 0 Å². The first-order valence-electron chi connectivity index (χ1n) is 6.54. The molecule has 1 aromatic rings. The van der Waals surface area contributed by atoms with Crippen LogP contribution in [-0.4, -0.2) is 41.9 Å². The number of nitrogen functional groups attached to an aromatic ring is 1. The monoisotopic (exact) mass is 315 g/mol. The fourth-order valence-corrected chi connectivity index (χ4v) is 4.37. The van der Waals surface area contributed by atoms with Crippen molar-refractivity contribution >= 4 is 21.4 Å². The number of sulfonamides is 1. The van der Waals surface area contributed by atoms with Gasteiger partial charge in [-0.3, -0.25) is 10.1 Å². The van der Waals surface area contributed by atoms with Crippen LogP contribution in [0.2, 0.25) is 0 Å². The van der Waals surface area contributed by atoms with Crippen molar-refractivity contribution in [3.63, 3.8) is 0 Å². The molecule has 1 aliphatic rings. The molecule has 3 N–H and O–H groups in total. The number of aliphatic hydroxyl groups is 1. The number of rotatable bonds is 4. The van der Waals surface area contributed by atoms with Gasteiger partial charge in [0.25, 0.3) is 5.69 Å². The van der Waals surface area contributed by atoms with Crippen LogP contribution in [0.4, 0.5) is 11.4 Å². The van der Waals surface area contributed by atoms with Gasteiger partial charge in [-0.25, -0.2) is 8.42 Å². The number of nitrogens with zero attached hydrogens (tertiary/aromatic N) is 2. The summed E-state index contributed by atoms with van der Waals surface area (Å²) in [4.78, 5) is 9.88. The minimum Gasteiger partial charge on any atom is -0.399 e. The predicted molar refractivity (Wildman–Crippen MR) is 76.1 cm³/mol. The number of hydrogen-bond acceptors (Lipinski definition) is 6. The lowest BCUT2D eigenvalue weighted by Crippen LogP contribution is -2.45. The fourth-order valence-electron chi connectivity index (χ4n) is 2.49. The van der Waals surface area contributed by atoms with E-state index in [0.29, 0.717) is 12.8 Å². The molecule has 9 heteroatoms. The van der Waals surface area contributed by atoms with E-state index in [4.69, 9.17) is 5.73 Å². The maximum absolute atomic E-state index is 12.7. The lowest BCUT2D eigenvalue weighted by molar-refractivity contribution is -0.387. The lowest BCUT2D eigenvalue weighted by atomic mass is 10.1. The normalized spacial score (nSPS) is 20.3. The first kappa shape index (κ1) is 15.7. The predicted octanol–water partition coefficient (Wildman–Crippen LogP) is 0.712. The van der Waals surface area contributed by atoms with E-state index < -0.39 is 31.6 Å². The number of benzene rings is 1. The second-order valence-corrected chi connectivity index (χ2v) is 6.79. The zero-order chi connectivity index (χ0) is 15.6. The molecule has 1 aliphatic heterocycles. The minimum atomic E-state index is -4.07. The van der Waals surface area contributed by atoms with Gasteiger partial charge < -0.3 is 10.8 Å². The molecule has 0 bridgehead atoms. The van der Waals surface area contributed by atoms with Gasteiger partial charge in [0.15, 0.2) is 4.90 Å². The topological polar surface area (TPSA) is 127 Å². The summed E-state index contributed by atoms with van der Waals surface area (Å²) >= 11 is 0. The molecular weight excluding hydrogens is 298 g/mol. The van der Waals surface area contributed by atoms with Gasteiger partial charge in [0.2, 0.25) is 10.0 Å². The zero-order valence-corrected chi connectivity index (χ0v) is 12.1. The smallest absolute Gasteiger partial charge is 0.289 e. The van der Waals surface area contributed by atoms with Crippen molar-refractivity contribution in [3.8, 4) is 0 Å². The second-order valence-electron chi connectivity index (χ2n) is 4.93. The van der Waals surface area contributed by atoms with E-state index >= 15 is 0 Å². The Balaban J connectivity index is 2.53. The van der Waals surface area contributed by atoms with Crippen molar-refractivity contribution in [1.82, 2.24) is 4.31 Å². The molecular formula is C12H17N3O5S. The van der Waals surface area contributed by atoms with Crippen LogP contribution in [0.3, 0.4) is 0 Å². The van der Waals surface area contributed by atoms with Crippen LogP contribution >= 0.6 is 0 Å². The molecule has 1 aromatic carbocycles. The molecule has 1 unspecified atom stereocenters. The Morgan fingerprint density at radius 2 is 2.14 bits per heavy atom. The van der Waals surface area contributed by atoms with E-state index in [1.807, 2.05) is 0 Å². The summed E-state index contributed by atoms with van der Waals surface area (Å²) in [5.41, 5.74) is 5.19. The quantitative estimate of drug-likeness (QED) is 0.478. The highest BCUT2D eigenvalue weighted by Gasteiger charge is 2.37. The number of nitrogens with two attached hydrogens (primary N) is 1. The average molecular weight is 315 g/mol. The fraction of sp³-hybridized carbons (Fsp3) is 0.500. The summed E-state index contributed by atoms with van der Waals surface area (Å²) in [5.74, 6) is 0. The number of anilines is 1. The molecule has 0 spiro atoms. The van der Waals surface area contributed by atoms with Gasteiger partial charge in [-0.15, -0.1) is 0 Å². The molecule has 1 fully saturated rings. The molecule has 116 valence electrons. The molecule has 21 heavy (non-hydrogen) atoms. The molecule has 0 saturated carbocycles. The standard InChI is InChI=1S/C12H17N3O5S/c13-9-4-5-11(15(17)18)12(7-9)21(19,20)14-6-2-1-3-10(14)8-16/h4-5,7,10,16H,1-3,6,8,13H2. The van der Waals surface area contributed by atoms with Crippen LogP contribution < -0.4 is 5.73 Å². The van der Waals surface area contributed by atoms with E-state index in [0.717, 1.165) is 22.9 Å². The maximum atomic E-state index is 12.7. The summed E-state index contributed by atoms with van der Waals surface area (Å²) in [6.45, 7) is -0.0745. The highest BCUT2D eigenvalue weighted by atomic mass is 32.2. The Kier molecular flexibility index (Phi) is 4.45. The SMILES string of the molecule is Nc1ccc([N+](=O)[O-])c(S(=O)(=O)N2CCCCC2CO)c1. The second kappa shape index (κ2) is 5.96. The summed E-state index contributed by atoms with van der Waals surface area (Å²) < 4.78 is 26.5. The highest BCUT2D eigenvalue weighted by Crippen LogP contribution is 2.32. The third-order valence-electron chi connectivity index (χ3n) is 3.55. The number of nitro groups is 1. The largest absolute Gasteiger partial charge is 0.399 e. The van der Waals surface area contributed by atoms with Crippen LogP contribution in [0.15, 0.2) is 23.1 Å². The van der Waals surface area contributed by atoms with Crippen molar-refractivity contribution < 1.29 is 18.4 Å². The molecule has 2 rings (SSSR count). The Bertz CT molecular complexity index is 646. The van der Waals surface area contributed by atoms with Crippen molar-refractivity contribution in [2.45, 2.75) is 30.2 Å². The van der Waals surface area contributed by atoms with Crippen LogP contribution in [0.25, 0.3) is 0 Å². The van der Waals surface area contributed by atoms with Crippen molar-refractivity contribution in [3.05, 3.63) is 28.3 Å². The molecule has 1 heterocycles. The average Bonchev–Trinajstić information content (AvgIpc) is 2.46. The van der Waals surface area contributed by atoms with E-state index in [9.17, 15) is 23.6 Å². The van der Waals surface area contributed by atoms with Crippen molar-refractivity contribution in [2.75, 3.05) is 18.9 Å². The molecule has 0 aliphatic carbocycles. The maximum Gasteiger partial charge on any atom is 0.289 e. The summed E-state index contributed by atoms with van der Waals surface area (Å²) in [6, 6.07) is 2.91. The van der Waals surface area contributed by atoms with Gasteiger partial charge in [0, 0.05) is 24.3 Å². The zero-order valence-electron chi connectivity index (χ0n) is 11.3. The van der Waals surface area contributed by atoms with Gasteiger partial charge in [0.05, 0.1) is 11.5 Å². The Morgan fingerprint density at radius 3 is 2.76 bits per heavy atom. The number of aliphatic hydroxyl groups excluding tert-OH is 1. The molecule has 8 nitrogen and oxygen atoms in total. The Labute approximate surface area is 122 Å². The Hall–Kier alpha value is -1.71. The van der Waals surface area contributed by atoms with Gasteiger partial charge in [-0.1, -0.05) is 6.42 Å². The van der Waals surface area contributed by atoms with Gasteiger partial charge in [-0.05, 0) is 25.0 Å². The first-order chi connectivity index (χ1) is 9.87. The third-order valence-corrected chi connectivity index (χ3v) is 5.53. The van der Waals surface area contributed by atoms with Crippen molar-refractivity contribution in [2.24, 2.45) is 0 Å². The van der Waals surface area contributed by atoms with Crippen molar-refractivity contribution in [1.29, 1.82) is 0 Å². The highest BCUT2D eigenvalue weighted by molar-refractivity contribution is 7.89. The van der Waals surface area contributed by atoms with E-state index in [-0.39, 0.29) is 18.8 Å². The molecule has 0 radical (unpaired) electrons. The van der Waals surface area contributed by atoms with E-state index in [1.54, 1.807) is 0 Å². The summed E-state index contributed by atoms with van der Waals surface area (Å²) in [5, 5.41) is 20.4. The van der Waals surface area contributed by atoms with Gasteiger partial charge in [0.1, 0.15) is 0 Å². The summed E-state index contributed by atoms with van der Waals surface area (Å²) in [7, 11) is -4.07. The van der Waals surface area contributed by atoms with Gasteiger partial charge in [-0.2, -0.15) is 4.31 Å². The number of piperidine rings is 1. The van der Waals surface area contributed by atoms with Crippen LogP contribution in [0, 0.1) is 10.1 Å². The molecule has 0 amide bonds. The van der Waals surface area contributed by atoms with Crippen LogP contribution in [0.1, 0.15) is 19.3 Å². The van der Waals surface area contributed by atoms with Crippen LogP contribution in [0.5, 0.6) is 0 Å².